The fourth-order valence-electron chi connectivity index (χ4n) is 2.79. The summed E-state index contributed by atoms with van der Waals surface area (Å²) < 4.78 is 24.7. The van der Waals surface area contributed by atoms with Gasteiger partial charge in [0.2, 0.25) is 21.8 Å². The predicted molar refractivity (Wildman–Crippen MR) is 84.7 cm³/mol. The van der Waals surface area contributed by atoms with Crippen molar-refractivity contribution < 1.29 is 18.0 Å². The van der Waals surface area contributed by atoms with Crippen LogP contribution in [-0.4, -0.2) is 67.4 Å². The van der Waals surface area contributed by atoms with Gasteiger partial charge in [0.1, 0.15) is 6.04 Å². The Kier molecular flexibility index (Phi) is 6.80. The van der Waals surface area contributed by atoms with Crippen LogP contribution in [-0.2, 0) is 19.6 Å². The highest BCUT2D eigenvalue weighted by Crippen LogP contribution is 2.17. The number of rotatable bonds is 7. The first kappa shape index (κ1) is 18.9. The van der Waals surface area contributed by atoms with E-state index in [2.05, 4.69) is 5.32 Å². The molecule has 0 aromatic carbocycles. The lowest BCUT2D eigenvalue weighted by atomic mass is 10.2. The topological polar surface area (TPSA) is 86.8 Å². The van der Waals surface area contributed by atoms with Gasteiger partial charge in [-0.05, 0) is 33.1 Å². The number of likely N-dealkylation sites (tertiary alicyclic amines) is 1. The fourth-order valence-corrected chi connectivity index (χ4v) is 4.01. The molecule has 0 saturated carbocycles. The molecule has 0 unspecified atom stereocenters. The van der Waals surface area contributed by atoms with Gasteiger partial charge in [0.05, 0.1) is 6.26 Å². The zero-order valence-electron chi connectivity index (χ0n) is 13.8. The highest BCUT2D eigenvalue weighted by molar-refractivity contribution is 7.88. The SMILES string of the molecule is CC(=O)N1CCC[C@@H]1C(=O)NCCCN(C(C)C)S(C)(=O)=O. The second kappa shape index (κ2) is 7.92. The molecule has 1 atom stereocenters. The van der Waals surface area contributed by atoms with Gasteiger partial charge in [0, 0.05) is 32.6 Å². The highest BCUT2D eigenvalue weighted by atomic mass is 32.2. The lowest BCUT2D eigenvalue weighted by Gasteiger charge is -2.25. The lowest BCUT2D eigenvalue weighted by Crippen LogP contribution is -2.46. The van der Waals surface area contributed by atoms with Gasteiger partial charge in [-0.3, -0.25) is 9.59 Å². The number of sulfonamides is 1. The van der Waals surface area contributed by atoms with E-state index in [-0.39, 0.29) is 23.9 Å². The van der Waals surface area contributed by atoms with E-state index in [1.54, 1.807) is 4.90 Å². The normalized spacial score (nSPS) is 19.0. The largest absolute Gasteiger partial charge is 0.354 e. The van der Waals surface area contributed by atoms with Crippen LogP contribution in [0.2, 0.25) is 0 Å². The molecule has 1 aliphatic heterocycles. The molecule has 128 valence electrons. The molecule has 8 heteroatoms. The van der Waals surface area contributed by atoms with Gasteiger partial charge in [-0.2, -0.15) is 4.31 Å². The van der Waals surface area contributed by atoms with Crippen molar-refractivity contribution >= 4 is 21.8 Å². The van der Waals surface area contributed by atoms with Gasteiger partial charge in [0.25, 0.3) is 0 Å². The van der Waals surface area contributed by atoms with E-state index in [1.165, 1.54) is 17.5 Å². The monoisotopic (exact) mass is 333 g/mol. The smallest absolute Gasteiger partial charge is 0.242 e. The highest BCUT2D eigenvalue weighted by Gasteiger charge is 2.32. The zero-order valence-corrected chi connectivity index (χ0v) is 14.6. The van der Waals surface area contributed by atoms with Crippen LogP contribution in [0.15, 0.2) is 0 Å². The summed E-state index contributed by atoms with van der Waals surface area (Å²) in [5.74, 6) is -0.233. The van der Waals surface area contributed by atoms with E-state index < -0.39 is 10.0 Å². The molecule has 0 aliphatic carbocycles. The van der Waals surface area contributed by atoms with E-state index in [1.807, 2.05) is 13.8 Å². The van der Waals surface area contributed by atoms with Gasteiger partial charge < -0.3 is 10.2 Å². The Hall–Kier alpha value is -1.15. The second-order valence-corrected chi connectivity index (χ2v) is 7.92. The average Bonchev–Trinajstić information content (AvgIpc) is 2.85. The number of hydrogen-bond donors (Lipinski definition) is 1. The first-order valence-corrected chi connectivity index (χ1v) is 9.51. The molecule has 22 heavy (non-hydrogen) atoms. The Bertz CT molecular complexity index is 504. The van der Waals surface area contributed by atoms with Crippen LogP contribution in [0.25, 0.3) is 0 Å². The molecule has 0 bridgehead atoms. The first-order valence-electron chi connectivity index (χ1n) is 7.66. The van der Waals surface area contributed by atoms with Crippen molar-refractivity contribution in [3.63, 3.8) is 0 Å². The Morgan fingerprint density at radius 2 is 2.00 bits per heavy atom. The molecule has 1 fully saturated rings. The summed E-state index contributed by atoms with van der Waals surface area (Å²) in [7, 11) is -3.23. The minimum Gasteiger partial charge on any atom is -0.354 e. The Morgan fingerprint density at radius 3 is 2.50 bits per heavy atom. The third-order valence-corrected chi connectivity index (χ3v) is 5.27. The van der Waals surface area contributed by atoms with Crippen LogP contribution in [0.3, 0.4) is 0 Å². The maximum absolute atomic E-state index is 12.1. The van der Waals surface area contributed by atoms with Crippen molar-refractivity contribution in [2.45, 2.75) is 52.1 Å². The van der Waals surface area contributed by atoms with Gasteiger partial charge in [-0.25, -0.2) is 8.42 Å². The molecular formula is C14H27N3O4S. The summed E-state index contributed by atoms with van der Waals surface area (Å²) in [6.45, 7) is 6.52. The molecule has 0 radical (unpaired) electrons. The number of amides is 2. The lowest BCUT2D eigenvalue weighted by molar-refractivity contribution is -0.136. The molecule has 1 heterocycles. The van der Waals surface area contributed by atoms with Gasteiger partial charge in [-0.15, -0.1) is 0 Å². The number of carbonyl (C=O) groups is 2. The fraction of sp³-hybridized carbons (Fsp3) is 0.857. The first-order chi connectivity index (χ1) is 10.1. The number of carbonyl (C=O) groups excluding carboxylic acids is 2. The molecule has 7 nitrogen and oxygen atoms in total. The van der Waals surface area contributed by atoms with Crippen molar-refractivity contribution in [1.29, 1.82) is 0 Å². The molecule has 1 saturated heterocycles. The van der Waals surface area contributed by atoms with Gasteiger partial charge in [-0.1, -0.05) is 0 Å². The predicted octanol–water partition coefficient (Wildman–Crippen LogP) is 0.174. The molecule has 2 amide bonds. The zero-order chi connectivity index (χ0) is 16.9. The minimum atomic E-state index is -3.23. The van der Waals surface area contributed by atoms with Crippen molar-refractivity contribution in [3.05, 3.63) is 0 Å². The molecule has 1 N–H and O–H groups in total. The van der Waals surface area contributed by atoms with E-state index in [0.717, 1.165) is 6.42 Å². The van der Waals surface area contributed by atoms with Crippen LogP contribution in [0.5, 0.6) is 0 Å². The van der Waals surface area contributed by atoms with E-state index in [9.17, 15) is 18.0 Å². The number of nitrogens with one attached hydrogen (secondary N) is 1. The summed E-state index contributed by atoms with van der Waals surface area (Å²) in [6, 6.07) is -0.484. The summed E-state index contributed by atoms with van der Waals surface area (Å²) >= 11 is 0. The average molecular weight is 333 g/mol. The van der Waals surface area contributed by atoms with E-state index in [0.29, 0.717) is 32.5 Å². The molecular weight excluding hydrogens is 306 g/mol. The number of nitrogens with zero attached hydrogens (tertiary/aromatic N) is 2. The Balaban J connectivity index is 2.41. The Morgan fingerprint density at radius 1 is 1.36 bits per heavy atom. The van der Waals surface area contributed by atoms with Crippen LogP contribution < -0.4 is 5.32 Å². The summed E-state index contributed by atoms with van der Waals surface area (Å²) in [6.07, 6.45) is 3.26. The van der Waals surface area contributed by atoms with Crippen LogP contribution in [0, 0.1) is 0 Å². The van der Waals surface area contributed by atoms with Gasteiger partial charge in [0.15, 0.2) is 0 Å². The van der Waals surface area contributed by atoms with E-state index in [4.69, 9.17) is 0 Å². The summed E-state index contributed by atoms with van der Waals surface area (Å²) in [5, 5.41) is 2.80. The molecule has 0 aromatic heterocycles. The van der Waals surface area contributed by atoms with Crippen molar-refractivity contribution in [2.24, 2.45) is 0 Å². The summed E-state index contributed by atoms with van der Waals surface area (Å²) in [5.41, 5.74) is 0. The van der Waals surface area contributed by atoms with Crippen molar-refractivity contribution in [3.8, 4) is 0 Å². The molecule has 1 rings (SSSR count). The van der Waals surface area contributed by atoms with Crippen molar-refractivity contribution in [1.82, 2.24) is 14.5 Å². The second-order valence-electron chi connectivity index (χ2n) is 5.98. The van der Waals surface area contributed by atoms with E-state index >= 15 is 0 Å². The van der Waals surface area contributed by atoms with Crippen LogP contribution >= 0.6 is 0 Å². The number of hydrogen-bond acceptors (Lipinski definition) is 4. The molecule has 0 aromatic rings. The molecule has 0 spiro atoms. The minimum absolute atomic E-state index is 0.0827. The third-order valence-electron chi connectivity index (χ3n) is 3.82. The molecule has 1 aliphatic rings. The maximum Gasteiger partial charge on any atom is 0.242 e. The van der Waals surface area contributed by atoms with Crippen LogP contribution in [0.1, 0.15) is 40.0 Å². The third kappa shape index (κ3) is 5.24. The van der Waals surface area contributed by atoms with Crippen molar-refractivity contribution in [2.75, 3.05) is 25.9 Å². The van der Waals surface area contributed by atoms with Gasteiger partial charge >= 0.3 is 0 Å². The standard InChI is InChI=1S/C14H27N3O4S/c1-11(2)17(22(4,20)21)10-6-8-15-14(19)13-7-5-9-16(13)12(3)18/h11,13H,5-10H2,1-4H3,(H,15,19)/t13-/m1/s1. The summed E-state index contributed by atoms with van der Waals surface area (Å²) in [4.78, 5) is 25.1. The quantitative estimate of drug-likeness (QED) is 0.673. The Labute approximate surface area is 133 Å². The van der Waals surface area contributed by atoms with Crippen LogP contribution in [0.4, 0.5) is 0 Å². The maximum atomic E-state index is 12.1.